The van der Waals surface area contributed by atoms with Crippen LogP contribution >= 0.6 is 27.7 Å². The first kappa shape index (κ1) is 15.2. The highest BCUT2D eigenvalue weighted by Crippen LogP contribution is 2.26. The minimum atomic E-state index is -0.338. The van der Waals surface area contributed by atoms with E-state index in [4.69, 9.17) is 4.74 Å². The molecule has 0 unspecified atom stereocenters. The predicted molar refractivity (Wildman–Crippen MR) is 76.7 cm³/mol. The van der Waals surface area contributed by atoms with Gasteiger partial charge < -0.3 is 4.74 Å². The highest BCUT2D eigenvalue weighted by atomic mass is 79.9. The third-order valence-electron chi connectivity index (χ3n) is 2.33. The standard InChI is InChI=1S/C13H15BrO3S/c1-3-17-13(16)11-6-4-5-9(12(11)18-2)7-10(15)8-14/h4-6H,3,7-8H2,1-2H3. The summed E-state index contributed by atoms with van der Waals surface area (Å²) < 4.78 is 5.01. The third-order valence-corrected chi connectivity index (χ3v) is 3.85. The Labute approximate surface area is 119 Å². The molecule has 98 valence electrons. The van der Waals surface area contributed by atoms with Crippen molar-refractivity contribution in [2.24, 2.45) is 0 Å². The lowest BCUT2D eigenvalue weighted by Gasteiger charge is -2.11. The second-order valence-corrected chi connectivity index (χ2v) is 4.94. The van der Waals surface area contributed by atoms with E-state index in [1.165, 1.54) is 11.8 Å². The van der Waals surface area contributed by atoms with Crippen LogP contribution in [-0.2, 0) is 16.0 Å². The number of alkyl halides is 1. The number of halogens is 1. The zero-order chi connectivity index (χ0) is 13.5. The summed E-state index contributed by atoms with van der Waals surface area (Å²) in [6.45, 7) is 2.12. The first-order valence-corrected chi connectivity index (χ1v) is 7.89. The van der Waals surface area contributed by atoms with E-state index in [9.17, 15) is 9.59 Å². The average molecular weight is 331 g/mol. The van der Waals surface area contributed by atoms with Crippen molar-refractivity contribution in [3.8, 4) is 0 Å². The summed E-state index contributed by atoms with van der Waals surface area (Å²) in [7, 11) is 0. The Bertz CT molecular complexity index is 446. The van der Waals surface area contributed by atoms with E-state index in [0.29, 0.717) is 23.9 Å². The van der Waals surface area contributed by atoms with Gasteiger partial charge in [0.1, 0.15) is 5.78 Å². The normalized spacial score (nSPS) is 10.2. The Morgan fingerprint density at radius 2 is 2.11 bits per heavy atom. The zero-order valence-electron chi connectivity index (χ0n) is 10.4. The molecule has 0 aromatic heterocycles. The highest BCUT2D eigenvalue weighted by Gasteiger charge is 2.16. The Morgan fingerprint density at radius 1 is 1.39 bits per heavy atom. The minimum Gasteiger partial charge on any atom is -0.462 e. The number of esters is 1. The number of carbonyl (C=O) groups excluding carboxylic acids is 2. The van der Waals surface area contributed by atoms with Crippen LogP contribution in [0.5, 0.6) is 0 Å². The summed E-state index contributed by atoms with van der Waals surface area (Å²) >= 11 is 4.60. The Kier molecular flexibility index (Phi) is 6.43. The molecule has 0 bridgehead atoms. The average Bonchev–Trinajstić information content (AvgIpc) is 2.38. The number of benzene rings is 1. The summed E-state index contributed by atoms with van der Waals surface area (Å²) in [6.07, 6.45) is 2.22. The van der Waals surface area contributed by atoms with Crippen molar-refractivity contribution in [3.63, 3.8) is 0 Å². The molecule has 0 aliphatic carbocycles. The van der Waals surface area contributed by atoms with Crippen LogP contribution in [0.2, 0.25) is 0 Å². The summed E-state index contributed by atoms with van der Waals surface area (Å²) in [4.78, 5) is 24.1. The van der Waals surface area contributed by atoms with Crippen LogP contribution in [0.25, 0.3) is 0 Å². The molecule has 0 aliphatic rings. The molecule has 18 heavy (non-hydrogen) atoms. The van der Waals surface area contributed by atoms with Gasteiger partial charge in [-0.2, -0.15) is 0 Å². The van der Waals surface area contributed by atoms with Crippen molar-refractivity contribution in [3.05, 3.63) is 29.3 Å². The monoisotopic (exact) mass is 330 g/mol. The van der Waals surface area contributed by atoms with E-state index in [-0.39, 0.29) is 11.8 Å². The number of ether oxygens (including phenoxy) is 1. The third kappa shape index (κ3) is 3.85. The molecular formula is C13H15BrO3S. The van der Waals surface area contributed by atoms with Crippen LogP contribution in [0.4, 0.5) is 0 Å². The molecule has 5 heteroatoms. The molecule has 1 aromatic rings. The van der Waals surface area contributed by atoms with Crippen LogP contribution in [0.15, 0.2) is 23.1 Å². The van der Waals surface area contributed by atoms with Gasteiger partial charge in [-0.25, -0.2) is 4.79 Å². The van der Waals surface area contributed by atoms with E-state index < -0.39 is 0 Å². The Morgan fingerprint density at radius 3 is 2.67 bits per heavy atom. The van der Waals surface area contributed by atoms with E-state index in [1.807, 2.05) is 12.3 Å². The second-order valence-electron chi connectivity index (χ2n) is 3.57. The quantitative estimate of drug-likeness (QED) is 0.456. The van der Waals surface area contributed by atoms with Crippen molar-refractivity contribution in [2.45, 2.75) is 18.2 Å². The molecule has 0 fully saturated rings. The van der Waals surface area contributed by atoms with Crippen molar-refractivity contribution in [2.75, 3.05) is 18.2 Å². The largest absolute Gasteiger partial charge is 0.462 e. The number of ketones is 1. The lowest BCUT2D eigenvalue weighted by atomic mass is 10.1. The van der Waals surface area contributed by atoms with Gasteiger partial charge in [0, 0.05) is 11.3 Å². The molecule has 1 aromatic carbocycles. The van der Waals surface area contributed by atoms with Gasteiger partial charge in [-0.1, -0.05) is 28.1 Å². The molecule has 1 rings (SSSR count). The molecule has 0 radical (unpaired) electrons. The summed E-state index contributed by atoms with van der Waals surface area (Å²) in [5.41, 5.74) is 1.40. The van der Waals surface area contributed by atoms with Gasteiger partial charge in [-0.3, -0.25) is 4.79 Å². The smallest absolute Gasteiger partial charge is 0.339 e. The van der Waals surface area contributed by atoms with Gasteiger partial charge in [0.25, 0.3) is 0 Å². The van der Waals surface area contributed by atoms with Crippen LogP contribution in [0.3, 0.4) is 0 Å². The van der Waals surface area contributed by atoms with E-state index in [0.717, 1.165) is 10.5 Å². The molecule has 0 atom stereocenters. The van der Waals surface area contributed by atoms with Crippen molar-refractivity contribution < 1.29 is 14.3 Å². The lowest BCUT2D eigenvalue weighted by molar-refractivity contribution is -0.115. The molecule has 0 spiro atoms. The number of carbonyl (C=O) groups is 2. The van der Waals surface area contributed by atoms with Gasteiger partial charge in [0.2, 0.25) is 0 Å². The van der Waals surface area contributed by atoms with E-state index in [1.54, 1.807) is 19.1 Å². The predicted octanol–water partition coefficient (Wildman–Crippen LogP) is 3.09. The van der Waals surface area contributed by atoms with Crippen LogP contribution < -0.4 is 0 Å². The Hall–Kier alpha value is -0.810. The molecule has 0 N–H and O–H groups in total. The highest BCUT2D eigenvalue weighted by molar-refractivity contribution is 9.09. The van der Waals surface area contributed by atoms with Crippen LogP contribution in [-0.4, -0.2) is 29.9 Å². The van der Waals surface area contributed by atoms with Gasteiger partial charge in [0.15, 0.2) is 0 Å². The molecule has 0 aliphatic heterocycles. The number of thioether (sulfide) groups is 1. The lowest BCUT2D eigenvalue weighted by Crippen LogP contribution is -2.10. The van der Waals surface area contributed by atoms with Crippen LogP contribution in [0, 0.1) is 0 Å². The van der Waals surface area contributed by atoms with Gasteiger partial charge in [0.05, 0.1) is 17.5 Å². The molecule has 0 saturated carbocycles. The molecular weight excluding hydrogens is 316 g/mol. The molecule has 0 heterocycles. The van der Waals surface area contributed by atoms with Crippen molar-refractivity contribution >= 4 is 39.4 Å². The topological polar surface area (TPSA) is 43.4 Å². The second kappa shape index (κ2) is 7.59. The minimum absolute atomic E-state index is 0.0892. The maximum absolute atomic E-state index is 11.8. The summed E-state index contributed by atoms with van der Waals surface area (Å²) in [6, 6.07) is 5.38. The number of Topliss-reactive ketones (excluding diaryl/α,β-unsaturated/α-hetero) is 1. The first-order valence-electron chi connectivity index (χ1n) is 5.54. The fourth-order valence-electron chi connectivity index (χ4n) is 1.59. The number of rotatable bonds is 6. The first-order chi connectivity index (χ1) is 8.63. The molecule has 3 nitrogen and oxygen atoms in total. The fraction of sp³-hybridized carbons (Fsp3) is 0.385. The maximum Gasteiger partial charge on any atom is 0.339 e. The summed E-state index contributed by atoms with van der Waals surface area (Å²) in [5.74, 6) is -0.249. The van der Waals surface area contributed by atoms with Crippen molar-refractivity contribution in [1.82, 2.24) is 0 Å². The van der Waals surface area contributed by atoms with Gasteiger partial charge >= 0.3 is 5.97 Å². The molecule has 0 saturated heterocycles. The van der Waals surface area contributed by atoms with Crippen LogP contribution in [0.1, 0.15) is 22.8 Å². The van der Waals surface area contributed by atoms with Crippen molar-refractivity contribution in [1.29, 1.82) is 0 Å². The fourth-order valence-corrected chi connectivity index (χ4v) is 2.57. The maximum atomic E-state index is 11.8. The molecule has 0 amide bonds. The van der Waals surface area contributed by atoms with Gasteiger partial charge in [-0.15, -0.1) is 11.8 Å². The number of hydrogen-bond acceptors (Lipinski definition) is 4. The zero-order valence-corrected chi connectivity index (χ0v) is 12.8. The Balaban J connectivity index is 3.09. The van der Waals surface area contributed by atoms with E-state index >= 15 is 0 Å². The number of hydrogen-bond donors (Lipinski definition) is 0. The summed E-state index contributed by atoms with van der Waals surface area (Å²) in [5, 5.41) is 0.324. The SMILES string of the molecule is CCOC(=O)c1cccc(CC(=O)CBr)c1SC. The van der Waals surface area contributed by atoms with E-state index in [2.05, 4.69) is 15.9 Å². The van der Waals surface area contributed by atoms with Gasteiger partial charge in [-0.05, 0) is 24.8 Å².